The molecule has 0 saturated heterocycles. The van der Waals surface area contributed by atoms with E-state index in [-0.39, 0.29) is 18.1 Å². The van der Waals surface area contributed by atoms with Crippen molar-refractivity contribution in [2.45, 2.75) is 19.5 Å². The van der Waals surface area contributed by atoms with Crippen LogP contribution in [0.2, 0.25) is 0 Å². The van der Waals surface area contributed by atoms with Crippen LogP contribution in [-0.2, 0) is 13.6 Å². The number of nitrogens with zero attached hydrogens (tertiary/aromatic N) is 5. The lowest BCUT2D eigenvalue weighted by molar-refractivity contribution is 0.484. The Balaban J connectivity index is 1.95. The third-order valence-corrected chi connectivity index (χ3v) is 3.46. The largest absolute Gasteiger partial charge is 0.322 e. The lowest BCUT2D eigenvalue weighted by atomic mass is 10.1. The molecular formula is C14H16N6O. The molecule has 2 N–H and O–H groups in total. The molecule has 0 saturated carbocycles. The van der Waals surface area contributed by atoms with E-state index < -0.39 is 0 Å². The zero-order valence-electron chi connectivity index (χ0n) is 11.9. The van der Waals surface area contributed by atoms with Crippen LogP contribution >= 0.6 is 0 Å². The van der Waals surface area contributed by atoms with Gasteiger partial charge in [0.15, 0.2) is 5.65 Å². The molecule has 0 aliphatic carbocycles. The minimum Gasteiger partial charge on any atom is -0.322 e. The van der Waals surface area contributed by atoms with Gasteiger partial charge < -0.3 is 5.73 Å². The average Bonchev–Trinajstić information content (AvgIpc) is 2.84. The monoisotopic (exact) mass is 284 g/mol. The fourth-order valence-electron chi connectivity index (χ4n) is 2.29. The summed E-state index contributed by atoms with van der Waals surface area (Å²) in [6.07, 6.45) is 1.50. The Labute approximate surface area is 121 Å². The van der Waals surface area contributed by atoms with Gasteiger partial charge in [-0.15, -0.1) is 5.10 Å². The summed E-state index contributed by atoms with van der Waals surface area (Å²) >= 11 is 0. The van der Waals surface area contributed by atoms with Gasteiger partial charge in [-0.1, -0.05) is 35.0 Å². The summed E-state index contributed by atoms with van der Waals surface area (Å²) in [4.78, 5) is 12.3. The number of hydrogen-bond acceptors (Lipinski definition) is 5. The van der Waals surface area contributed by atoms with Crippen LogP contribution in [0.1, 0.15) is 17.2 Å². The molecule has 3 aromatic rings. The first-order valence-corrected chi connectivity index (χ1v) is 6.64. The number of fused-ring (bicyclic) bond motifs is 1. The third kappa shape index (κ3) is 2.43. The molecule has 108 valence electrons. The van der Waals surface area contributed by atoms with E-state index in [1.54, 1.807) is 7.05 Å². The van der Waals surface area contributed by atoms with Crippen molar-refractivity contribution >= 4 is 11.0 Å². The first-order chi connectivity index (χ1) is 10.1. The van der Waals surface area contributed by atoms with Crippen LogP contribution in [0.5, 0.6) is 0 Å². The predicted molar refractivity (Wildman–Crippen MR) is 78.7 cm³/mol. The van der Waals surface area contributed by atoms with Crippen LogP contribution < -0.4 is 11.3 Å². The summed E-state index contributed by atoms with van der Waals surface area (Å²) in [7, 11) is 1.72. The minimum absolute atomic E-state index is 0.226. The lowest BCUT2D eigenvalue weighted by Gasteiger charge is -2.13. The molecule has 1 atom stereocenters. The third-order valence-electron chi connectivity index (χ3n) is 3.46. The van der Waals surface area contributed by atoms with Gasteiger partial charge in [-0.2, -0.15) is 5.10 Å². The van der Waals surface area contributed by atoms with Gasteiger partial charge in [-0.25, -0.2) is 9.36 Å². The van der Waals surface area contributed by atoms with E-state index in [0.717, 1.165) is 11.1 Å². The number of rotatable bonds is 3. The van der Waals surface area contributed by atoms with Gasteiger partial charge in [0.25, 0.3) is 5.56 Å². The fraction of sp³-hybridized carbons (Fsp3) is 0.286. The van der Waals surface area contributed by atoms with Gasteiger partial charge in [0.05, 0.1) is 12.7 Å². The highest BCUT2D eigenvalue weighted by Gasteiger charge is 2.13. The fourth-order valence-corrected chi connectivity index (χ4v) is 2.29. The Morgan fingerprint density at radius 2 is 2.19 bits per heavy atom. The first-order valence-electron chi connectivity index (χ1n) is 6.64. The number of aryl methyl sites for hydroxylation is 2. The summed E-state index contributed by atoms with van der Waals surface area (Å²) < 4.78 is 2.81. The van der Waals surface area contributed by atoms with Gasteiger partial charge in [-0.05, 0) is 12.5 Å². The molecule has 0 bridgehead atoms. The second kappa shape index (κ2) is 5.10. The van der Waals surface area contributed by atoms with Crippen LogP contribution in [-0.4, -0.2) is 24.8 Å². The van der Waals surface area contributed by atoms with Gasteiger partial charge >= 0.3 is 0 Å². The molecule has 1 aromatic carbocycles. The molecule has 21 heavy (non-hydrogen) atoms. The zero-order chi connectivity index (χ0) is 15.0. The molecule has 1 unspecified atom stereocenters. The summed E-state index contributed by atoms with van der Waals surface area (Å²) in [5.41, 5.74) is 8.51. The van der Waals surface area contributed by atoms with E-state index >= 15 is 0 Å². The minimum atomic E-state index is -0.314. The Morgan fingerprint density at radius 1 is 1.38 bits per heavy atom. The SMILES string of the molecule is Cc1cccc(C(N)Cn2nnc3c(cnn3C)c2=O)c1. The second-order valence-electron chi connectivity index (χ2n) is 5.10. The van der Waals surface area contributed by atoms with Crippen LogP contribution in [0.3, 0.4) is 0 Å². The van der Waals surface area contributed by atoms with Gasteiger partial charge in [0, 0.05) is 13.1 Å². The highest BCUT2D eigenvalue weighted by Crippen LogP contribution is 2.13. The highest BCUT2D eigenvalue weighted by molar-refractivity contribution is 5.72. The van der Waals surface area contributed by atoms with E-state index in [4.69, 9.17) is 5.73 Å². The molecule has 0 amide bonds. The van der Waals surface area contributed by atoms with Gasteiger partial charge in [0.1, 0.15) is 5.39 Å². The molecule has 7 nitrogen and oxygen atoms in total. The predicted octanol–water partition coefficient (Wildman–Crippen LogP) is 0.533. The Morgan fingerprint density at radius 3 is 2.95 bits per heavy atom. The van der Waals surface area contributed by atoms with Crippen LogP contribution in [0.4, 0.5) is 0 Å². The van der Waals surface area contributed by atoms with Crippen molar-refractivity contribution in [3.8, 4) is 0 Å². The molecule has 0 aliphatic heterocycles. The maximum absolute atomic E-state index is 12.3. The van der Waals surface area contributed by atoms with Crippen molar-refractivity contribution in [3.63, 3.8) is 0 Å². The van der Waals surface area contributed by atoms with Crippen molar-refractivity contribution in [1.82, 2.24) is 24.8 Å². The van der Waals surface area contributed by atoms with Crippen molar-refractivity contribution in [2.75, 3.05) is 0 Å². The maximum Gasteiger partial charge on any atom is 0.280 e. The number of hydrogen-bond donors (Lipinski definition) is 1. The molecule has 7 heteroatoms. The second-order valence-corrected chi connectivity index (χ2v) is 5.10. The average molecular weight is 284 g/mol. The van der Waals surface area contributed by atoms with Gasteiger partial charge in [0.2, 0.25) is 0 Å². The van der Waals surface area contributed by atoms with Crippen molar-refractivity contribution in [2.24, 2.45) is 12.8 Å². The molecular weight excluding hydrogens is 268 g/mol. The van der Waals surface area contributed by atoms with Crippen molar-refractivity contribution in [3.05, 3.63) is 51.9 Å². The van der Waals surface area contributed by atoms with Crippen LogP contribution in [0.25, 0.3) is 11.0 Å². The van der Waals surface area contributed by atoms with E-state index in [9.17, 15) is 4.79 Å². The molecule has 2 aromatic heterocycles. The highest BCUT2D eigenvalue weighted by atomic mass is 16.1. The van der Waals surface area contributed by atoms with E-state index in [1.165, 1.54) is 15.6 Å². The van der Waals surface area contributed by atoms with Crippen molar-refractivity contribution in [1.29, 1.82) is 0 Å². The Bertz CT molecular complexity index is 850. The molecule has 2 heterocycles. The van der Waals surface area contributed by atoms with E-state index in [1.807, 2.05) is 31.2 Å². The maximum atomic E-state index is 12.3. The number of nitrogens with two attached hydrogens (primary N) is 1. The molecule has 3 rings (SSSR count). The van der Waals surface area contributed by atoms with Crippen molar-refractivity contribution < 1.29 is 0 Å². The lowest BCUT2D eigenvalue weighted by Crippen LogP contribution is -2.29. The quantitative estimate of drug-likeness (QED) is 0.757. The zero-order valence-corrected chi connectivity index (χ0v) is 11.9. The topological polar surface area (TPSA) is 91.6 Å². The molecule has 0 radical (unpaired) electrons. The van der Waals surface area contributed by atoms with E-state index in [2.05, 4.69) is 15.4 Å². The standard InChI is InChI=1S/C14H16N6O/c1-9-4-3-5-10(6-9)12(15)8-20-14(21)11-7-16-19(2)13(11)17-18-20/h3-7,12H,8,15H2,1-2H3. The van der Waals surface area contributed by atoms with Gasteiger partial charge in [-0.3, -0.25) is 4.79 Å². The molecule has 0 fully saturated rings. The summed E-state index contributed by atoms with van der Waals surface area (Å²) in [5.74, 6) is 0. The summed E-state index contributed by atoms with van der Waals surface area (Å²) in [6, 6.07) is 7.59. The smallest absolute Gasteiger partial charge is 0.280 e. The molecule has 0 aliphatic rings. The normalized spacial score (nSPS) is 12.7. The van der Waals surface area contributed by atoms with E-state index in [0.29, 0.717) is 11.0 Å². The Kier molecular flexibility index (Phi) is 3.26. The summed E-state index contributed by atoms with van der Waals surface area (Å²) in [5, 5.41) is 12.4. The summed E-state index contributed by atoms with van der Waals surface area (Å²) in [6.45, 7) is 2.28. The number of aromatic nitrogens is 5. The first kappa shape index (κ1) is 13.4. The van der Waals surface area contributed by atoms with Crippen LogP contribution in [0.15, 0.2) is 35.3 Å². The number of benzene rings is 1. The van der Waals surface area contributed by atoms with Crippen LogP contribution in [0, 0.1) is 6.92 Å². The Hall–Kier alpha value is -2.54. The molecule has 0 spiro atoms.